The van der Waals surface area contributed by atoms with Crippen LogP contribution in [0, 0.1) is 16.7 Å². The van der Waals surface area contributed by atoms with Gasteiger partial charge in [0.1, 0.15) is 0 Å². The van der Waals surface area contributed by atoms with E-state index in [0.717, 1.165) is 25.8 Å². The van der Waals surface area contributed by atoms with E-state index in [1.54, 1.807) is 0 Å². The van der Waals surface area contributed by atoms with E-state index in [1.165, 1.54) is 11.3 Å². The van der Waals surface area contributed by atoms with E-state index in [0.29, 0.717) is 0 Å². The first-order chi connectivity index (χ1) is 9.26. The molecule has 1 aromatic rings. The third-order valence-corrected chi connectivity index (χ3v) is 3.58. The molecule has 0 bridgehead atoms. The van der Waals surface area contributed by atoms with Gasteiger partial charge in [0.05, 0.1) is 11.5 Å². The Labute approximate surface area is 124 Å². The lowest BCUT2D eigenvalue weighted by Gasteiger charge is -2.23. The summed E-state index contributed by atoms with van der Waals surface area (Å²) in [7, 11) is 0. The predicted octanol–water partition coefficient (Wildman–Crippen LogP) is 5.12. The first-order valence-corrected chi connectivity index (χ1v) is 7.51. The fraction of sp³-hybridized carbons (Fsp3) is 0.611. The molecule has 0 aliphatic carbocycles. The van der Waals surface area contributed by atoms with Crippen molar-refractivity contribution in [2.24, 2.45) is 5.41 Å². The second-order valence-electron chi connectivity index (χ2n) is 7.18. The molecule has 0 fully saturated rings. The smallest absolute Gasteiger partial charge is 0.0683 e. The highest BCUT2D eigenvalue weighted by atomic mass is 14.9. The average molecular weight is 272 g/mol. The van der Waals surface area contributed by atoms with Crippen molar-refractivity contribution >= 4 is 5.69 Å². The van der Waals surface area contributed by atoms with Crippen LogP contribution < -0.4 is 5.32 Å². The Balaban J connectivity index is 2.46. The second kappa shape index (κ2) is 6.79. The van der Waals surface area contributed by atoms with E-state index in [9.17, 15) is 0 Å². The average Bonchev–Trinajstić information content (AvgIpc) is 2.37. The Morgan fingerprint density at radius 2 is 1.70 bits per heavy atom. The molecule has 0 saturated carbocycles. The van der Waals surface area contributed by atoms with Crippen molar-refractivity contribution < 1.29 is 0 Å². The summed E-state index contributed by atoms with van der Waals surface area (Å²) in [6, 6.07) is 10.9. The summed E-state index contributed by atoms with van der Waals surface area (Å²) in [6.07, 6.45) is 3.15. The summed E-state index contributed by atoms with van der Waals surface area (Å²) < 4.78 is 0. The second-order valence-corrected chi connectivity index (χ2v) is 7.18. The zero-order valence-electron chi connectivity index (χ0n) is 13.6. The molecule has 0 radical (unpaired) electrons. The highest BCUT2D eigenvalue weighted by Crippen LogP contribution is 2.29. The Kier molecular flexibility index (Phi) is 5.62. The minimum atomic E-state index is -0.191. The molecule has 0 heterocycles. The van der Waals surface area contributed by atoms with Crippen LogP contribution in [0.1, 0.15) is 59.4 Å². The van der Waals surface area contributed by atoms with Gasteiger partial charge in [0.25, 0.3) is 0 Å². The van der Waals surface area contributed by atoms with Crippen LogP contribution in [-0.4, -0.2) is 6.54 Å². The molecule has 0 unspecified atom stereocenters. The maximum absolute atomic E-state index is 8.99. The number of anilines is 1. The third kappa shape index (κ3) is 5.25. The van der Waals surface area contributed by atoms with Crippen molar-refractivity contribution in [1.29, 1.82) is 5.26 Å². The van der Waals surface area contributed by atoms with Gasteiger partial charge in [-0.15, -0.1) is 0 Å². The number of nitrogens with zero attached hydrogens (tertiary/aromatic N) is 1. The summed E-state index contributed by atoms with van der Waals surface area (Å²) >= 11 is 0. The van der Waals surface area contributed by atoms with Crippen LogP contribution in [0.25, 0.3) is 0 Å². The zero-order valence-corrected chi connectivity index (χ0v) is 13.6. The van der Waals surface area contributed by atoms with Crippen molar-refractivity contribution in [1.82, 2.24) is 0 Å². The topological polar surface area (TPSA) is 35.8 Å². The Bertz CT molecular complexity index is 461. The van der Waals surface area contributed by atoms with Gasteiger partial charge in [-0.05, 0) is 43.7 Å². The van der Waals surface area contributed by atoms with Gasteiger partial charge in [-0.1, -0.05) is 45.4 Å². The Morgan fingerprint density at radius 3 is 2.30 bits per heavy atom. The number of benzene rings is 1. The van der Waals surface area contributed by atoms with Crippen LogP contribution in [-0.2, 0) is 5.41 Å². The van der Waals surface area contributed by atoms with E-state index in [4.69, 9.17) is 5.26 Å². The largest absolute Gasteiger partial charge is 0.385 e. The number of hydrogen-bond acceptors (Lipinski definition) is 2. The van der Waals surface area contributed by atoms with Crippen LogP contribution in [0.3, 0.4) is 0 Å². The van der Waals surface area contributed by atoms with Crippen LogP contribution in [0.5, 0.6) is 0 Å². The maximum atomic E-state index is 8.99. The van der Waals surface area contributed by atoms with Gasteiger partial charge in [-0.25, -0.2) is 0 Å². The van der Waals surface area contributed by atoms with Gasteiger partial charge >= 0.3 is 0 Å². The zero-order chi connectivity index (χ0) is 15.2. The summed E-state index contributed by atoms with van der Waals surface area (Å²) in [5, 5.41) is 12.5. The van der Waals surface area contributed by atoms with Gasteiger partial charge < -0.3 is 5.32 Å². The summed E-state index contributed by atoms with van der Waals surface area (Å²) in [5.41, 5.74) is 2.56. The van der Waals surface area contributed by atoms with E-state index < -0.39 is 0 Å². The molecule has 0 spiro atoms. The molecule has 110 valence electrons. The van der Waals surface area contributed by atoms with Crippen LogP contribution in [0.15, 0.2) is 24.3 Å². The van der Waals surface area contributed by atoms with Gasteiger partial charge in [0.15, 0.2) is 0 Å². The van der Waals surface area contributed by atoms with Crippen molar-refractivity contribution in [2.75, 3.05) is 11.9 Å². The van der Waals surface area contributed by atoms with Crippen molar-refractivity contribution in [3.63, 3.8) is 0 Å². The molecule has 1 aromatic carbocycles. The summed E-state index contributed by atoms with van der Waals surface area (Å²) in [6.45, 7) is 11.7. The minimum Gasteiger partial charge on any atom is -0.385 e. The highest BCUT2D eigenvalue weighted by molar-refractivity contribution is 5.54. The Hall–Kier alpha value is -1.49. The molecule has 2 nitrogen and oxygen atoms in total. The van der Waals surface area contributed by atoms with E-state index >= 15 is 0 Å². The lowest BCUT2D eigenvalue weighted by Crippen LogP contribution is -2.15. The molecule has 0 aliphatic heterocycles. The fourth-order valence-electron chi connectivity index (χ4n) is 2.26. The SMILES string of the molecule is CC(C)(C#N)CCCCNc1ccccc1C(C)(C)C. The number of para-hydroxylation sites is 1. The Morgan fingerprint density at radius 1 is 1.05 bits per heavy atom. The molecule has 0 aliphatic rings. The summed E-state index contributed by atoms with van der Waals surface area (Å²) in [4.78, 5) is 0. The first kappa shape index (κ1) is 16.6. The van der Waals surface area contributed by atoms with Crippen molar-refractivity contribution in [3.8, 4) is 6.07 Å². The van der Waals surface area contributed by atoms with Gasteiger partial charge in [0, 0.05) is 12.2 Å². The van der Waals surface area contributed by atoms with Gasteiger partial charge in [-0.2, -0.15) is 5.26 Å². The molecule has 0 amide bonds. The highest BCUT2D eigenvalue weighted by Gasteiger charge is 2.17. The van der Waals surface area contributed by atoms with E-state index in [-0.39, 0.29) is 10.8 Å². The number of hydrogen-bond donors (Lipinski definition) is 1. The normalized spacial score (nSPS) is 12.0. The lowest BCUT2D eigenvalue weighted by atomic mass is 9.86. The molecule has 0 saturated heterocycles. The van der Waals surface area contributed by atoms with Crippen LogP contribution >= 0.6 is 0 Å². The lowest BCUT2D eigenvalue weighted by molar-refractivity contribution is 0.430. The number of unbranched alkanes of at least 4 members (excludes halogenated alkanes) is 1. The number of rotatable bonds is 6. The summed E-state index contributed by atoms with van der Waals surface area (Å²) in [5.74, 6) is 0. The number of nitriles is 1. The quantitative estimate of drug-likeness (QED) is 0.730. The van der Waals surface area contributed by atoms with Gasteiger partial charge in [0.2, 0.25) is 0 Å². The van der Waals surface area contributed by atoms with E-state index in [1.807, 2.05) is 13.8 Å². The van der Waals surface area contributed by atoms with Crippen LogP contribution in [0.4, 0.5) is 5.69 Å². The molecule has 1 rings (SSSR count). The number of nitrogens with one attached hydrogen (secondary N) is 1. The molecule has 0 atom stereocenters. The minimum absolute atomic E-state index is 0.159. The van der Waals surface area contributed by atoms with Crippen LogP contribution in [0.2, 0.25) is 0 Å². The van der Waals surface area contributed by atoms with Gasteiger partial charge in [-0.3, -0.25) is 0 Å². The maximum Gasteiger partial charge on any atom is 0.0683 e. The van der Waals surface area contributed by atoms with Crippen molar-refractivity contribution in [2.45, 2.75) is 59.3 Å². The molecule has 2 heteroatoms. The molecule has 0 aromatic heterocycles. The first-order valence-electron chi connectivity index (χ1n) is 7.51. The molecular formula is C18H28N2. The van der Waals surface area contributed by atoms with Crippen molar-refractivity contribution in [3.05, 3.63) is 29.8 Å². The molecule has 1 N–H and O–H groups in total. The standard InChI is InChI=1S/C18H28N2/c1-17(2,3)15-10-6-7-11-16(15)20-13-9-8-12-18(4,5)14-19/h6-7,10-11,20H,8-9,12-13H2,1-5H3. The predicted molar refractivity (Wildman–Crippen MR) is 86.9 cm³/mol. The monoisotopic (exact) mass is 272 g/mol. The van der Waals surface area contributed by atoms with E-state index in [2.05, 4.69) is 56.4 Å². The third-order valence-electron chi connectivity index (χ3n) is 3.58. The fourth-order valence-corrected chi connectivity index (χ4v) is 2.26. The molecular weight excluding hydrogens is 244 g/mol. The molecule has 20 heavy (non-hydrogen) atoms.